The number of terminal acetylenes is 1. The molecule has 0 saturated carbocycles. The smallest absolute Gasteiger partial charge is 0.0723 e. The molecule has 0 spiro atoms. The molecule has 0 fully saturated rings. The summed E-state index contributed by atoms with van der Waals surface area (Å²) in [6.45, 7) is 10.6. The molecule has 218 valence electrons. The van der Waals surface area contributed by atoms with E-state index in [0.29, 0.717) is 12.1 Å². The zero-order valence-corrected chi connectivity index (χ0v) is 25.1. The van der Waals surface area contributed by atoms with Crippen LogP contribution in [0.1, 0.15) is 34.4 Å². The predicted molar refractivity (Wildman–Crippen MR) is 186 cm³/mol. The van der Waals surface area contributed by atoms with Crippen LogP contribution in [-0.4, -0.2) is 9.97 Å². The maximum Gasteiger partial charge on any atom is 0.0723 e. The highest BCUT2D eigenvalue weighted by Gasteiger charge is 2.14. The maximum absolute atomic E-state index is 6.37. The Balaban J connectivity index is 0.00000188. The van der Waals surface area contributed by atoms with E-state index < -0.39 is 0 Å². The second-order valence-corrected chi connectivity index (χ2v) is 10.9. The van der Waals surface area contributed by atoms with Crippen LogP contribution >= 0.6 is 0 Å². The molecule has 0 atom stereocenters. The van der Waals surface area contributed by atoms with E-state index in [1.807, 2.05) is 48.5 Å². The number of rotatable bonds is 9. The number of nitrogens with two attached hydrogens (primary N) is 1. The average molecular weight is 576 g/mol. The maximum atomic E-state index is 6.37. The summed E-state index contributed by atoms with van der Waals surface area (Å²) in [5, 5.41) is 6.89. The van der Waals surface area contributed by atoms with Crippen LogP contribution in [0.4, 0.5) is 17.1 Å². The van der Waals surface area contributed by atoms with Crippen molar-refractivity contribution in [2.75, 3.05) is 16.4 Å². The van der Waals surface area contributed by atoms with E-state index >= 15 is 0 Å². The Hall–Kier alpha value is -5.60. The first kappa shape index (κ1) is 29.9. The quantitative estimate of drug-likeness (QED) is 0.153. The lowest BCUT2D eigenvalue weighted by Gasteiger charge is -2.17. The van der Waals surface area contributed by atoms with Crippen LogP contribution in [0.3, 0.4) is 0 Å². The van der Waals surface area contributed by atoms with Crippen molar-refractivity contribution in [3.8, 4) is 35.2 Å². The number of aryl methyl sites for hydroxylation is 2. The van der Waals surface area contributed by atoms with Crippen molar-refractivity contribution in [1.29, 1.82) is 0 Å². The molecule has 5 nitrogen and oxygen atoms in total. The van der Waals surface area contributed by atoms with Crippen LogP contribution in [-0.2, 0) is 19.3 Å². The minimum atomic E-state index is 0.498. The van der Waals surface area contributed by atoms with E-state index in [0.717, 1.165) is 45.3 Å². The SMILES string of the molecule is C#C.C=C(Cc1nc(-c2cncc(NC(=C)c3ccccc3)c2)ccc1N)Nc1cccc(-c2ccc3c(c2)CCC3)c1C. The van der Waals surface area contributed by atoms with Gasteiger partial charge in [-0.15, -0.1) is 12.8 Å². The number of pyridine rings is 2. The van der Waals surface area contributed by atoms with E-state index in [4.69, 9.17) is 10.7 Å². The number of aromatic nitrogens is 2. The number of benzene rings is 3. The van der Waals surface area contributed by atoms with Gasteiger partial charge >= 0.3 is 0 Å². The number of nitrogen functional groups attached to an aromatic ring is 1. The van der Waals surface area contributed by atoms with Crippen molar-refractivity contribution in [2.45, 2.75) is 32.6 Å². The molecule has 0 bridgehead atoms. The first-order valence-electron chi connectivity index (χ1n) is 14.7. The van der Waals surface area contributed by atoms with Crippen LogP contribution in [0, 0.1) is 19.8 Å². The van der Waals surface area contributed by atoms with Crippen molar-refractivity contribution < 1.29 is 0 Å². The number of anilines is 3. The summed E-state index contributed by atoms with van der Waals surface area (Å²) in [4.78, 5) is 9.34. The predicted octanol–water partition coefficient (Wildman–Crippen LogP) is 8.69. The summed E-state index contributed by atoms with van der Waals surface area (Å²) in [5.41, 5.74) is 20.6. The Kier molecular flexibility index (Phi) is 9.22. The Morgan fingerprint density at radius 3 is 2.45 bits per heavy atom. The highest BCUT2D eigenvalue weighted by molar-refractivity contribution is 5.77. The molecule has 0 unspecified atom stereocenters. The van der Waals surface area contributed by atoms with Gasteiger partial charge in [-0.25, -0.2) is 0 Å². The van der Waals surface area contributed by atoms with Crippen molar-refractivity contribution in [3.63, 3.8) is 0 Å². The van der Waals surface area contributed by atoms with Crippen LogP contribution in [0.2, 0.25) is 0 Å². The highest BCUT2D eigenvalue weighted by atomic mass is 14.9. The first-order valence-corrected chi connectivity index (χ1v) is 14.7. The van der Waals surface area contributed by atoms with E-state index in [9.17, 15) is 0 Å². The van der Waals surface area contributed by atoms with Gasteiger partial charge in [0.25, 0.3) is 0 Å². The Morgan fingerprint density at radius 2 is 1.64 bits per heavy atom. The van der Waals surface area contributed by atoms with E-state index in [-0.39, 0.29) is 0 Å². The van der Waals surface area contributed by atoms with Crippen molar-refractivity contribution >= 4 is 22.8 Å². The molecule has 0 amide bonds. The standard InChI is InChI=1S/C37H35N5.C2H2/c1-24(40-35-14-8-13-33(25(35)2)30-16-15-28-11-7-12-29(28)20-30)19-37-34(38)17-18-36(42-37)31-21-32(23-39-22-31)41-26(3)27-9-5-4-6-10-27;1-2/h4-6,8-10,13-18,20-23,40-41H,1,3,7,11-12,19,38H2,2H3;1-2H. The van der Waals surface area contributed by atoms with Gasteiger partial charge in [-0.05, 0) is 83.8 Å². The lowest BCUT2D eigenvalue weighted by atomic mass is 9.96. The molecular formula is C39H37N5. The molecule has 0 aliphatic heterocycles. The van der Waals surface area contributed by atoms with Gasteiger partial charge < -0.3 is 16.4 Å². The molecule has 44 heavy (non-hydrogen) atoms. The molecule has 0 radical (unpaired) electrons. The average Bonchev–Trinajstić information content (AvgIpc) is 3.53. The topological polar surface area (TPSA) is 75.9 Å². The third-order valence-corrected chi connectivity index (χ3v) is 7.90. The molecule has 4 N–H and O–H groups in total. The summed E-state index contributed by atoms with van der Waals surface area (Å²) in [5.74, 6) is 0. The van der Waals surface area contributed by atoms with Gasteiger partial charge in [0.05, 0.1) is 29.0 Å². The Labute approximate surface area is 260 Å². The van der Waals surface area contributed by atoms with E-state index in [2.05, 4.69) is 84.9 Å². The summed E-state index contributed by atoms with van der Waals surface area (Å²) >= 11 is 0. The van der Waals surface area contributed by atoms with Gasteiger partial charge in [-0.2, -0.15) is 0 Å². The zero-order chi connectivity index (χ0) is 31.1. The van der Waals surface area contributed by atoms with Gasteiger partial charge in [-0.1, -0.05) is 73.8 Å². The normalized spacial score (nSPS) is 11.5. The summed E-state index contributed by atoms with van der Waals surface area (Å²) in [7, 11) is 0. The second kappa shape index (κ2) is 13.6. The van der Waals surface area contributed by atoms with Gasteiger partial charge in [-0.3, -0.25) is 9.97 Å². The molecular weight excluding hydrogens is 538 g/mol. The van der Waals surface area contributed by atoms with Crippen LogP contribution in [0.15, 0.2) is 116 Å². The molecule has 2 aromatic heterocycles. The fourth-order valence-electron chi connectivity index (χ4n) is 5.61. The lowest BCUT2D eigenvalue weighted by Crippen LogP contribution is -2.07. The van der Waals surface area contributed by atoms with Gasteiger partial charge in [0.1, 0.15) is 0 Å². The van der Waals surface area contributed by atoms with Crippen LogP contribution < -0.4 is 16.4 Å². The third-order valence-electron chi connectivity index (χ3n) is 7.90. The Morgan fingerprint density at radius 1 is 0.841 bits per heavy atom. The van der Waals surface area contributed by atoms with Crippen LogP contribution in [0.5, 0.6) is 0 Å². The van der Waals surface area contributed by atoms with Crippen molar-refractivity contribution in [3.05, 3.63) is 144 Å². The number of fused-ring (bicyclic) bond motifs is 1. The second-order valence-electron chi connectivity index (χ2n) is 10.9. The summed E-state index contributed by atoms with van der Waals surface area (Å²) < 4.78 is 0. The lowest BCUT2D eigenvalue weighted by molar-refractivity contribution is 0.912. The summed E-state index contributed by atoms with van der Waals surface area (Å²) in [6, 6.07) is 29.1. The van der Waals surface area contributed by atoms with Gasteiger partial charge in [0.15, 0.2) is 0 Å². The molecule has 5 heteroatoms. The molecule has 2 heterocycles. The fraction of sp³-hybridized carbons (Fsp3) is 0.128. The van der Waals surface area contributed by atoms with Crippen molar-refractivity contribution in [1.82, 2.24) is 9.97 Å². The highest BCUT2D eigenvalue weighted by Crippen LogP contribution is 2.33. The van der Waals surface area contributed by atoms with E-state index in [1.165, 1.54) is 47.1 Å². The molecule has 5 aromatic rings. The third kappa shape index (κ3) is 6.72. The molecule has 0 saturated heterocycles. The van der Waals surface area contributed by atoms with E-state index in [1.54, 1.807) is 12.4 Å². The van der Waals surface area contributed by atoms with Gasteiger partial charge in [0, 0.05) is 35.3 Å². The zero-order valence-electron chi connectivity index (χ0n) is 25.1. The summed E-state index contributed by atoms with van der Waals surface area (Å²) in [6.07, 6.45) is 15.7. The van der Waals surface area contributed by atoms with Gasteiger partial charge in [0.2, 0.25) is 0 Å². The minimum Gasteiger partial charge on any atom is -0.397 e. The number of hydrogen-bond donors (Lipinski definition) is 3. The largest absolute Gasteiger partial charge is 0.397 e. The van der Waals surface area contributed by atoms with Crippen molar-refractivity contribution in [2.24, 2.45) is 0 Å². The van der Waals surface area contributed by atoms with Crippen LogP contribution in [0.25, 0.3) is 28.1 Å². The fourth-order valence-corrected chi connectivity index (χ4v) is 5.61. The molecule has 3 aromatic carbocycles. The number of nitrogens with zero attached hydrogens (tertiary/aromatic N) is 2. The first-order chi connectivity index (χ1) is 21.4. The minimum absolute atomic E-state index is 0.498. The number of allylic oxidation sites excluding steroid dienone is 1. The number of nitrogens with one attached hydrogen (secondary N) is 2. The monoisotopic (exact) mass is 575 g/mol. The molecule has 1 aliphatic rings. The Bertz CT molecular complexity index is 1830. The number of hydrogen-bond acceptors (Lipinski definition) is 5. The molecule has 1 aliphatic carbocycles. The molecule has 6 rings (SSSR count).